The molecule has 0 fully saturated rings. The highest BCUT2D eigenvalue weighted by Crippen LogP contribution is 2.27. The SMILES string of the molecule is CC[C@@H](Nc1nc(Nc2cnn(C)c2)ncc1Cl)c1ccccc1. The second-order valence-electron chi connectivity index (χ2n) is 5.43. The third kappa shape index (κ3) is 3.83. The average Bonchev–Trinajstić information content (AvgIpc) is 3.01. The second kappa shape index (κ2) is 7.31. The van der Waals surface area contributed by atoms with Crippen LogP contribution in [0, 0.1) is 0 Å². The van der Waals surface area contributed by atoms with Gasteiger partial charge in [-0.15, -0.1) is 0 Å². The summed E-state index contributed by atoms with van der Waals surface area (Å²) >= 11 is 6.26. The fraction of sp³-hybridized carbons (Fsp3) is 0.235. The van der Waals surface area contributed by atoms with Crippen LogP contribution in [0.25, 0.3) is 0 Å². The van der Waals surface area contributed by atoms with Crippen molar-refractivity contribution in [2.45, 2.75) is 19.4 Å². The van der Waals surface area contributed by atoms with E-state index in [0.717, 1.165) is 12.1 Å². The second-order valence-corrected chi connectivity index (χ2v) is 5.84. The van der Waals surface area contributed by atoms with Crippen molar-refractivity contribution in [1.82, 2.24) is 19.7 Å². The molecular weight excluding hydrogens is 324 g/mol. The highest BCUT2D eigenvalue weighted by atomic mass is 35.5. The molecule has 0 aliphatic heterocycles. The number of hydrogen-bond donors (Lipinski definition) is 2. The van der Waals surface area contributed by atoms with Gasteiger partial charge >= 0.3 is 0 Å². The Morgan fingerprint density at radius 1 is 1.21 bits per heavy atom. The van der Waals surface area contributed by atoms with Crippen molar-refractivity contribution >= 4 is 29.1 Å². The lowest BCUT2D eigenvalue weighted by atomic mass is 10.0. The fourth-order valence-electron chi connectivity index (χ4n) is 2.41. The van der Waals surface area contributed by atoms with Crippen molar-refractivity contribution in [3.63, 3.8) is 0 Å². The molecule has 0 saturated heterocycles. The third-order valence-corrected chi connectivity index (χ3v) is 3.90. The van der Waals surface area contributed by atoms with Gasteiger partial charge in [-0.3, -0.25) is 4.68 Å². The van der Waals surface area contributed by atoms with Crippen molar-refractivity contribution in [2.24, 2.45) is 7.05 Å². The topological polar surface area (TPSA) is 67.7 Å². The van der Waals surface area contributed by atoms with E-state index < -0.39 is 0 Å². The summed E-state index contributed by atoms with van der Waals surface area (Å²) in [7, 11) is 1.85. The largest absolute Gasteiger partial charge is 0.362 e. The van der Waals surface area contributed by atoms with E-state index in [1.54, 1.807) is 17.1 Å². The number of hydrogen-bond acceptors (Lipinski definition) is 5. The van der Waals surface area contributed by atoms with Crippen LogP contribution in [0.2, 0.25) is 5.02 Å². The van der Waals surface area contributed by atoms with Crippen molar-refractivity contribution < 1.29 is 0 Å². The zero-order valence-electron chi connectivity index (χ0n) is 13.6. The molecule has 0 aliphatic carbocycles. The minimum Gasteiger partial charge on any atom is -0.362 e. The molecule has 7 heteroatoms. The normalized spacial score (nSPS) is 12.0. The molecule has 0 unspecified atom stereocenters. The van der Waals surface area contributed by atoms with Gasteiger partial charge in [-0.25, -0.2) is 4.98 Å². The lowest BCUT2D eigenvalue weighted by Crippen LogP contribution is -2.12. The van der Waals surface area contributed by atoms with E-state index in [1.807, 2.05) is 31.4 Å². The van der Waals surface area contributed by atoms with Crippen LogP contribution in [0.15, 0.2) is 48.9 Å². The van der Waals surface area contributed by atoms with Gasteiger partial charge < -0.3 is 10.6 Å². The lowest BCUT2D eigenvalue weighted by molar-refractivity contribution is 0.744. The molecule has 0 saturated carbocycles. The van der Waals surface area contributed by atoms with Crippen LogP contribution in [0.1, 0.15) is 24.9 Å². The summed E-state index contributed by atoms with van der Waals surface area (Å²) in [4.78, 5) is 8.71. The maximum atomic E-state index is 6.26. The fourth-order valence-corrected chi connectivity index (χ4v) is 2.56. The molecule has 1 aromatic carbocycles. The number of nitrogens with zero attached hydrogens (tertiary/aromatic N) is 4. The van der Waals surface area contributed by atoms with Crippen LogP contribution in [-0.2, 0) is 7.05 Å². The first-order valence-corrected chi connectivity index (χ1v) is 8.13. The number of benzene rings is 1. The van der Waals surface area contributed by atoms with Gasteiger partial charge in [0, 0.05) is 13.2 Å². The molecule has 2 N–H and O–H groups in total. The maximum Gasteiger partial charge on any atom is 0.229 e. The van der Waals surface area contributed by atoms with Gasteiger partial charge in [0.1, 0.15) is 5.02 Å². The van der Waals surface area contributed by atoms with Crippen LogP contribution in [0.5, 0.6) is 0 Å². The number of anilines is 3. The minimum atomic E-state index is 0.129. The summed E-state index contributed by atoms with van der Waals surface area (Å²) in [6.45, 7) is 2.12. The van der Waals surface area contributed by atoms with E-state index >= 15 is 0 Å². The van der Waals surface area contributed by atoms with E-state index in [0.29, 0.717) is 16.8 Å². The first-order valence-electron chi connectivity index (χ1n) is 7.75. The highest BCUT2D eigenvalue weighted by molar-refractivity contribution is 6.32. The van der Waals surface area contributed by atoms with Gasteiger partial charge in [-0.05, 0) is 12.0 Å². The summed E-state index contributed by atoms with van der Waals surface area (Å²) in [6, 6.07) is 10.4. The Labute approximate surface area is 145 Å². The Kier molecular flexibility index (Phi) is 4.96. The molecule has 0 aliphatic rings. The molecule has 0 amide bonds. The van der Waals surface area contributed by atoms with Gasteiger partial charge in [-0.2, -0.15) is 10.1 Å². The van der Waals surface area contributed by atoms with Crippen LogP contribution in [-0.4, -0.2) is 19.7 Å². The van der Waals surface area contributed by atoms with Crippen LogP contribution in [0.3, 0.4) is 0 Å². The molecule has 0 spiro atoms. The van der Waals surface area contributed by atoms with Gasteiger partial charge in [0.25, 0.3) is 0 Å². The number of rotatable bonds is 6. The Hall–Kier alpha value is -2.60. The molecule has 0 radical (unpaired) electrons. The van der Waals surface area contributed by atoms with Gasteiger partial charge in [0.05, 0.1) is 24.1 Å². The van der Waals surface area contributed by atoms with Crippen LogP contribution < -0.4 is 10.6 Å². The molecule has 3 aromatic rings. The molecule has 2 heterocycles. The van der Waals surface area contributed by atoms with E-state index in [1.165, 1.54) is 5.56 Å². The number of aromatic nitrogens is 4. The Morgan fingerprint density at radius 2 is 2.00 bits per heavy atom. The van der Waals surface area contributed by atoms with Gasteiger partial charge in [-0.1, -0.05) is 48.9 Å². The molecule has 1 atom stereocenters. The molecule has 3 rings (SSSR count). The van der Waals surface area contributed by atoms with E-state index in [2.05, 4.69) is 44.8 Å². The lowest BCUT2D eigenvalue weighted by Gasteiger charge is -2.19. The van der Waals surface area contributed by atoms with E-state index in [-0.39, 0.29) is 6.04 Å². The first kappa shape index (κ1) is 16.3. The molecule has 2 aromatic heterocycles. The smallest absolute Gasteiger partial charge is 0.229 e. The summed E-state index contributed by atoms with van der Waals surface area (Å²) in [5.41, 5.74) is 2.01. The summed E-state index contributed by atoms with van der Waals surface area (Å²) in [5, 5.41) is 11.1. The zero-order chi connectivity index (χ0) is 16.9. The Bertz CT molecular complexity index is 802. The third-order valence-electron chi connectivity index (χ3n) is 3.63. The predicted octanol–water partition coefficient (Wildman–Crippen LogP) is 4.17. The molecule has 24 heavy (non-hydrogen) atoms. The van der Waals surface area contributed by atoms with E-state index in [4.69, 9.17) is 11.6 Å². The predicted molar refractivity (Wildman–Crippen MR) is 96.6 cm³/mol. The molecular formula is C17H19ClN6. The number of aryl methyl sites for hydroxylation is 1. The number of nitrogens with one attached hydrogen (secondary N) is 2. The number of halogens is 1. The molecule has 124 valence electrons. The van der Waals surface area contributed by atoms with Crippen molar-refractivity contribution in [3.05, 3.63) is 59.5 Å². The summed E-state index contributed by atoms with van der Waals surface area (Å²) < 4.78 is 1.71. The zero-order valence-corrected chi connectivity index (χ0v) is 14.3. The van der Waals surface area contributed by atoms with Gasteiger partial charge in [0.2, 0.25) is 5.95 Å². The van der Waals surface area contributed by atoms with Crippen LogP contribution >= 0.6 is 11.6 Å². The quantitative estimate of drug-likeness (QED) is 0.703. The standard InChI is InChI=1S/C17H19ClN6/c1-3-15(12-7-5-4-6-8-12)22-16-14(18)10-19-17(23-16)21-13-9-20-24(2)11-13/h4-11,15H,3H2,1-2H3,(H2,19,21,22,23)/t15-/m1/s1. The molecule has 0 bridgehead atoms. The highest BCUT2D eigenvalue weighted by Gasteiger charge is 2.13. The van der Waals surface area contributed by atoms with Crippen molar-refractivity contribution in [1.29, 1.82) is 0 Å². The molecule has 6 nitrogen and oxygen atoms in total. The monoisotopic (exact) mass is 342 g/mol. The van der Waals surface area contributed by atoms with Crippen molar-refractivity contribution in [3.8, 4) is 0 Å². The Morgan fingerprint density at radius 3 is 2.67 bits per heavy atom. The average molecular weight is 343 g/mol. The van der Waals surface area contributed by atoms with Gasteiger partial charge in [0.15, 0.2) is 5.82 Å². The summed E-state index contributed by atoms with van der Waals surface area (Å²) in [6.07, 6.45) is 6.07. The maximum absolute atomic E-state index is 6.26. The summed E-state index contributed by atoms with van der Waals surface area (Å²) in [5.74, 6) is 1.08. The Balaban J connectivity index is 1.80. The van der Waals surface area contributed by atoms with E-state index in [9.17, 15) is 0 Å². The minimum absolute atomic E-state index is 0.129. The first-order chi connectivity index (χ1) is 11.7. The van der Waals surface area contributed by atoms with Crippen molar-refractivity contribution in [2.75, 3.05) is 10.6 Å². The van der Waals surface area contributed by atoms with Crippen LogP contribution in [0.4, 0.5) is 17.5 Å².